The van der Waals surface area contributed by atoms with E-state index >= 15 is 0 Å². The standard InChI is InChI=1S/C22H21Cl3N2O4S/c1-31-22(28)19-12-17(16-8-7-15(24)11-18(16)25)21(13-3-5-14(23)6-4-13)27(19)20(26)9-10-32(2,29)30/h3-8,11-12,20H,9-10,26H2,1-2H3. The summed E-state index contributed by atoms with van der Waals surface area (Å²) >= 11 is 18.6. The molecule has 3 aromatic rings. The molecule has 0 saturated carbocycles. The van der Waals surface area contributed by atoms with E-state index in [-0.39, 0.29) is 17.9 Å². The van der Waals surface area contributed by atoms with Crippen LogP contribution < -0.4 is 5.73 Å². The number of ether oxygens (including phenoxy) is 1. The number of esters is 1. The fraction of sp³-hybridized carbons (Fsp3) is 0.227. The van der Waals surface area contributed by atoms with Gasteiger partial charge in [-0.15, -0.1) is 0 Å². The maximum absolute atomic E-state index is 12.7. The van der Waals surface area contributed by atoms with Crippen LogP contribution >= 0.6 is 34.8 Å². The van der Waals surface area contributed by atoms with Crippen molar-refractivity contribution in [1.82, 2.24) is 4.57 Å². The van der Waals surface area contributed by atoms with Crippen LogP contribution in [0, 0.1) is 0 Å². The molecule has 3 rings (SSSR count). The highest BCUT2D eigenvalue weighted by Crippen LogP contribution is 2.41. The molecule has 0 saturated heterocycles. The van der Waals surface area contributed by atoms with Crippen LogP contribution in [0.2, 0.25) is 15.1 Å². The molecule has 170 valence electrons. The third kappa shape index (κ3) is 5.47. The van der Waals surface area contributed by atoms with Gasteiger partial charge in [0.1, 0.15) is 15.5 Å². The lowest BCUT2D eigenvalue weighted by molar-refractivity contribution is 0.0586. The van der Waals surface area contributed by atoms with Crippen molar-refractivity contribution in [2.24, 2.45) is 5.73 Å². The second kappa shape index (κ2) is 9.85. The van der Waals surface area contributed by atoms with E-state index in [9.17, 15) is 13.2 Å². The fourth-order valence-electron chi connectivity index (χ4n) is 3.41. The van der Waals surface area contributed by atoms with E-state index in [0.717, 1.165) is 6.26 Å². The molecule has 2 N–H and O–H groups in total. The minimum absolute atomic E-state index is 0.0892. The zero-order valence-electron chi connectivity index (χ0n) is 17.3. The van der Waals surface area contributed by atoms with Crippen molar-refractivity contribution in [3.63, 3.8) is 0 Å². The van der Waals surface area contributed by atoms with Crippen LogP contribution in [-0.4, -0.2) is 38.1 Å². The summed E-state index contributed by atoms with van der Waals surface area (Å²) in [7, 11) is -2.01. The van der Waals surface area contributed by atoms with Gasteiger partial charge in [0.2, 0.25) is 0 Å². The fourth-order valence-corrected chi connectivity index (χ4v) is 4.72. The summed E-state index contributed by atoms with van der Waals surface area (Å²) in [6.07, 6.45) is 0.394. The average Bonchev–Trinajstić information content (AvgIpc) is 3.11. The van der Waals surface area contributed by atoms with E-state index < -0.39 is 22.0 Å². The highest BCUT2D eigenvalue weighted by atomic mass is 35.5. The minimum atomic E-state index is -3.27. The molecule has 0 radical (unpaired) electrons. The number of carbonyl (C=O) groups excluding carboxylic acids is 1. The van der Waals surface area contributed by atoms with E-state index in [1.54, 1.807) is 53.1 Å². The molecule has 6 nitrogen and oxygen atoms in total. The Hall–Kier alpha value is -2.03. The number of rotatable bonds is 7. The topological polar surface area (TPSA) is 91.4 Å². The first-order chi connectivity index (χ1) is 15.0. The molecule has 0 amide bonds. The minimum Gasteiger partial charge on any atom is -0.464 e. The van der Waals surface area contributed by atoms with Crippen molar-refractivity contribution < 1.29 is 17.9 Å². The highest BCUT2D eigenvalue weighted by Gasteiger charge is 2.27. The largest absolute Gasteiger partial charge is 0.464 e. The normalized spacial score (nSPS) is 12.6. The third-order valence-electron chi connectivity index (χ3n) is 4.89. The van der Waals surface area contributed by atoms with E-state index in [4.69, 9.17) is 45.3 Å². The highest BCUT2D eigenvalue weighted by molar-refractivity contribution is 7.90. The van der Waals surface area contributed by atoms with Gasteiger partial charge in [-0.05, 0) is 42.3 Å². The molecular formula is C22H21Cl3N2O4S. The van der Waals surface area contributed by atoms with Crippen LogP contribution in [0.1, 0.15) is 23.1 Å². The summed E-state index contributed by atoms with van der Waals surface area (Å²) in [4.78, 5) is 12.7. The van der Waals surface area contributed by atoms with Crippen LogP contribution in [0.3, 0.4) is 0 Å². The molecule has 2 aromatic carbocycles. The second-order valence-corrected chi connectivity index (χ2v) is 10.8. The maximum atomic E-state index is 12.7. The lowest BCUT2D eigenvalue weighted by atomic mass is 10.0. The zero-order valence-corrected chi connectivity index (χ0v) is 20.4. The van der Waals surface area contributed by atoms with Crippen molar-refractivity contribution in [3.05, 3.63) is 69.3 Å². The molecule has 32 heavy (non-hydrogen) atoms. The lowest BCUT2D eigenvalue weighted by Crippen LogP contribution is -2.26. The van der Waals surface area contributed by atoms with Crippen molar-refractivity contribution >= 4 is 50.6 Å². The Labute approximate surface area is 201 Å². The van der Waals surface area contributed by atoms with Gasteiger partial charge in [-0.3, -0.25) is 0 Å². The third-order valence-corrected chi connectivity index (χ3v) is 6.66. The average molecular weight is 516 g/mol. The number of carbonyl (C=O) groups is 1. The summed E-state index contributed by atoms with van der Waals surface area (Å²) in [6.45, 7) is 0. The molecule has 0 fully saturated rings. The number of methoxy groups -OCH3 is 1. The Bertz CT molecular complexity index is 1250. The van der Waals surface area contributed by atoms with Gasteiger partial charge in [-0.2, -0.15) is 0 Å². The van der Waals surface area contributed by atoms with Gasteiger partial charge in [-0.1, -0.05) is 53.0 Å². The number of halogens is 3. The van der Waals surface area contributed by atoms with Crippen molar-refractivity contribution in [2.45, 2.75) is 12.6 Å². The molecule has 0 spiro atoms. The molecule has 1 aromatic heterocycles. The Kier molecular flexibility index (Phi) is 7.57. The number of nitrogens with zero attached hydrogens (tertiary/aromatic N) is 1. The van der Waals surface area contributed by atoms with Gasteiger partial charge in [0, 0.05) is 32.5 Å². The first-order valence-corrected chi connectivity index (χ1v) is 12.7. The zero-order chi connectivity index (χ0) is 23.6. The first-order valence-electron chi connectivity index (χ1n) is 9.50. The Morgan fingerprint density at radius 1 is 1.03 bits per heavy atom. The number of aromatic nitrogens is 1. The Balaban J connectivity index is 2.32. The predicted molar refractivity (Wildman–Crippen MR) is 129 cm³/mol. The van der Waals surface area contributed by atoms with E-state index in [0.29, 0.717) is 37.5 Å². The molecule has 0 bridgehead atoms. The SMILES string of the molecule is COC(=O)c1cc(-c2ccc(Cl)cc2Cl)c(-c2ccc(Cl)cc2)n1C(N)CCS(C)(=O)=O. The van der Waals surface area contributed by atoms with Crippen molar-refractivity contribution in [2.75, 3.05) is 19.1 Å². The molecule has 1 atom stereocenters. The summed E-state index contributed by atoms with van der Waals surface area (Å²) in [5.74, 6) is -0.768. The van der Waals surface area contributed by atoms with Crippen LogP contribution in [0.5, 0.6) is 0 Å². The molecule has 0 aliphatic carbocycles. The van der Waals surface area contributed by atoms with E-state index in [1.165, 1.54) is 7.11 Å². The van der Waals surface area contributed by atoms with Crippen LogP contribution in [0.15, 0.2) is 48.5 Å². The summed E-state index contributed by atoms with van der Waals surface area (Å²) in [5.41, 5.74) is 9.12. The second-order valence-electron chi connectivity index (χ2n) is 7.27. The number of nitrogens with two attached hydrogens (primary N) is 1. The summed E-state index contributed by atoms with van der Waals surface area (Å²) in [5, 5.41) is 1.38. The van der Waals surface area contributed by atoms with Crippen LogP contribution in [0.4, 0.5) is 0 Å². The van der Waals surface area contributed by atoms with Gasteiger partial charge in [0.25, 0.3) is 0 Å². The molecule has 0 aliphatic rings. The quantitative estimate of drug-likeness (QED) is 0.422. The summed E-state index contributed by atoms with van der Waals surface area (Å²) < 4.78 is 30.0. The molecule has 10 heteroatoms. The van der Waals surface area contributed by atoms with Crippen LogP contribution in [0.25, 0.3) is 22.4 Å². The van der Waals surface area contributed by atoms with Crippen molar-refractivity contribution in [3.8, 4) is 22.4 Å². The van der Waals surface area contributed by atoms with Gasteiger partial charge < -0.3 is 15.0 Å². The smallest absolute Gasteiger partial charge is 0.354 e. The number of hydrogen-bond acceptors (Lipinski definition) is 5. The van der Waals surface area contributed by atoms with Gasteiger partial charge >= 0.3 is 5.97 Å². The number of sulfone groups is 1. The van der Waals surface area contributed by atoms with Crippen molar-refractivity contribution in [1.29, 1.82) is 0 Å². The van der Waals surface area contributed by atoms with E-state index in [2.05, 4.69) is 0 Å². The maximum Gasteiger partial charge on any atom is 0.354 e. The van der Waals surface area contributed by atoms with Crippen LogP contribution in [-0.2, 0) is 14.6 Å². The molecule has 1 unspecified atom stereocenters. The Morgan fingerprint density at radius 2 is 1.66 bits per heavy atom. The first kappa shape index (κ1) is 24.6. The lowest BCUT2D eigenvalue weighted by Gasteiger charge is -2.21. The monoisotopic (exact) mass is 514 g/mol. The summed E-state index contributed by atoms with van der Waals surface area (Å²) in [6, 6.07) is 13.6. The Morgan fingerprint density at radius 3 is 2.22 bits per heavy atom. The molecule has 0 aliphatic heterocycles. The molecule has 1 heterocycles. The number of hydrogen-bond donors (Lipinski definition) is 1. The van der Waals surface area contributed by atoms with Gasteiger partial charge in [0.15, 0.2) is 0 Å². The van der Waals surface area contributed by atoms with Gasteiger partial charge in [0.05, 0.1) is 24.7 Å². The predicted octanol–water partition coefficient (Wildman–Crippen LogP) is 5.46. The molecular weight excluding hydrogens is 495 g/mol. The van der Waals surface area contributed by atoms with E-state index in [1.807, 2.05) is 0 Å². The number of benzene rings is 2. The van der Waals surface area contributed by atoms with Gasteiger partial charge in [-0.25, -0.2) is 13.2 Å².